The first-order valence-electron chi connectivity index (χ1n) is 6.62. The molecule has 0 spiro atoms. The minimum atomic E-state index is -0.408. The second-order valence-electron chi connectivity index (χ2n) is 5.84. The standard InChI is InChI=1S/C14H19NO4S/c1-8-9(15-10(20-8)11(17-2)18-3)13-5-14(6-13,7-13)12(16)19-4/h11H,5-7H2,1-4H3. The first kappa shape index (κ1) is 14.0. The average Bonchev–Trinajstić information content (AvgIpc) is 2.70. The van der Waals surface area contributed by atoms with Gasteiger partial charge < -0.3 is 14.2 Å². The number of hydrogen-bond donors (Lipinski definition) is 0. The molecular weight excluding hydrogens is 278 g/mol. The summed E-state index contributed by atoms with van der Waals surface area (Å²) in [5.74, 6) is -0.0702. The van der Waals surface area contributed by atoms with E-state index in [0.717, 1.165) is 30.0 Å². The van der Waals surface area contributed by atoms with Crippen molar-refractivity contribution in [1.82, 2.24) is 4.98 Å². The van der Waals surface area contributed by atoms with E-state index < -0.39 is 6.29 Å². The molecule has 6 heteroatoms. The maximum atomic E-state index is 11.7. The number of hydrogen-bond acceptors (Lipinski definition) is 6. The third kappa shape index (κ3) is 1.68. The number of carbonyl (C=O) groups is 1. The molecule has 2 bridgehead atoms. The Morgan fingerprint density at radius 3 is 2.35 bits per heavy atom. The van der Waals surface area contributed by atoms with Crippen molar-refractivity contribution in [1.29, 1.82) is 0 Å². The quantitative estimate of drug-likeness (QED) is 0.617. The van der Waals surface area contributed by atoms with Gasteiger partial charge in [-0.25, -0.2) is 4.98 Å². The molecule has 3 fully saturated rings. The Hall–Kier alpha value is -0.980. The molecule has 1 heterocycles. The monoisotopic (exact) mass is 297 g/mol. The molecule has 0 atom stereocenters. The van der Waals surface area contributed by atoms with Crippen molar-refractivity contribution in [3.8, 4) is 0 Å². The summed E-state index contributed by atoms with van der Waals surface area (Å²) >= 11 is 1.61. The summed E-state index contributed by atoms with van der Waals surface area (Å²) in [5.41, 5.74) is 0.966. The van der Waals surface area contributed by atoms with Crippen LogP contribution in [0.4, 0.5) is 0 Å². The van der Waals surface area contributed by atoms with Gasteiger partial charge in [0.2, 0.25) is 6.29 Å². The molecule has 3 aliphatic carbocycles. The number of ether oxygens (including phenoxy) is 3. The Morgan fingerprint density at radius 1 is 1.25 bits per heavy atom. The van der Waals surface area contributed by atoms with Crippen LogP contribution in [0.2, 0.25) is 0 Å². The van der Waals surface area contributed by atoms with Gasteiger partial charge in [-0.2, -0.15) is 0 Å². The molecule has 0 aliphatic heterocycles. The lowest BCUT2D eigenvalue weighted by atomic mass is 9.34. The topological polar surface area (TPSA) is 57.7 Å². The Labute approximate surface area is 122 Å². The van der Waals surface area contributed by atoms with Gasteiger partial charge in [0.1, 0.15) is 5.01 Å². The molecule has 0 unspecified atom stereocenters. The highest BCUT2D eigenvalue weighted by Gasteiger charge is 2.73. The van der Waals surface area contributed by atoms with Crippen LogP contribution in [0, 0.1) is 12.3 Å². The van der Waals surface area contributed by atoms with Gasteiger partial charge in [0.15, 0.2) is 0 Å². The van der Waals surface area contributed by atoms with Crippen LogP contribution in [0.25, 0.3) is 0 Å². The van der Waals surface area contributed by atoms with Gasteiger partial charge >= 0.3 is 5.97 Å². The van der Waals surface area contributed by atoms with Gasteiger partial charge in [0.25, 0.3) is 0 Å². The summed E-state index contributed by atoms with van der Waals surface area (Å²) < 4.78 is 15.4. The van der Waals surface area contributed by atoms with Crippen LogP contribution in [0.15, 0.2) is 0 Å². The van der Waals surface area contributed by atoms with Crippen molar-refractivity contribution < 1.29 is 19.0 Å². The summed E-state index contributed by atoms with van der Waals surface area (Å²) in [7, 11) is 4.68. The number of nitrogens with zero attached hydrogens (tertiary/aromatic N) is 1. The third-order valence-corrected chi connectivity index (χ3v) is 5.59. The van der Waals surface area contributed by atoms with Crippen molar-refractivity contribution in [3.63, 3.8) is 0 Å². The number of methoxy groups -OCH3 is 3. The van der Waals surface area contributed by atoms with E-state index in [1.165, 1.54) is 12.0 Å². The molecule has 0 aromatic carbocycles. The maximum absolute atomic E-state index is 11.7. The van der Waals surface area contributed by atoms with Gasteiger partial charge in [0, 0.05) is 24.5 Å². The van der Waals surface area contributed by atoms with Crippen molar-refractivity contribution in [2.75, 3.05) is 21.3 Å². The van der Waals surface area contributed by atoms with Crippen LogP contribution in [-0.2, 0) is 24.4 Å². The largest absolute Gasteiger partial charge is 0.469 e. The summed E-state index contributed by atoms with van der Waals surface area (Å²) in [6, 6.07) is 0. The molecule has 0 saturated heterocycles. The van der Waals surface area contributed by atoms with E-state index in [0.29, 0.717) is 0 Å². The fraction of sp³-hybridized carbons (Fsp3) is 0.714. The predicted molar refractivity (Wildman–Crippen MR) is 73.6 cm³/mol. The minimum Gasteiger partial charge on any atom is -0.469 e. The number of aryl methyl sites for hydroxylation is 1. The highest BCUT2D eigenvalue weighted by molar-refractivity contribution is 7.11. The molecule has 1 aromatic heterocycles. The fourth-order valence-corrected chi connectivity index (χ4v) is 4.88. The number of thiazole rings is 1. The number of carbonyl (C=O) groups excluding carboxylic acids is 1. The highest BCUT2D eigenvalue weighted by Crippen LogP contribution is 2.74. The van der Waals surface area contributed by atoms with E-state index in [2.05, 4.69) is 6.92 Å². The molecule has 3 saturated carbocycles. The van der Waals surface area contributed by atoms with E-state index in [9.17, 15) is 4.79 Å². The summed E-state index contributed by atoms with van der Waals surface area (Å²) in [6.45, 7) is 2.07. The molecule has 1 aromatic rings. The van der Waals surface area contributed by atoms with Crippen LogP contribution in [-0.4, -0.2) is 32.3 Å². The van der Waals surface area contributed by atoms with Crippen molar-refractivity contribution in [2.24, 2.45) is 5.41 Å². The van der Waals surface area contributed by atoms with E-state index in [1.54, 1.807) is 25.6 Å². The lowest BCUT2D eigenvalue weighted by Crippen LogP contribution is -2.68. The molecule has 20 heavy (non-hydrogen) atoms. The number of aromatic nitrogens is 1. The first-order chi connectivity index (χ1) is 9.50. The predicted octanol–water partition coefficient (Wildman–Crippen LogP) is 2.34. The van der Waals surface area contributed by atoms with Crippen LogP contribution >= 0.6 is 11.3 Å². The second kappa shape index (κ2) is 4.51. The Kier molecular flexibility index (Phi) is 3.15. The van der Waals surface area contributed by atoms with Crippen molar-refractivity contribution in [3.05, 3.63) is 15.6 Å². The summed E-state index contributed by atoms with van der Waals surface area (Å²) in [6.07, 6.45) is 2.18. The minimum absolute atomic E-state index is 0.0702. The fourth-order valence-electron chi connectivity index (χ4n) is 3.78. The molecule has 5 nitrogen and oxygen atoms in total. The van der Waals surface area contributed by atoms with Crippen molar-refractivity contribution in [2.45, 2.75) is 37.9 Å². The Balaban J connectivity index is 1.80. The zero-order valence-electron chi connectivity index (χ0n) is 12.2. The SMILES string of the molecule is COC(=O)C12CC(c3nc(C(OC)OC)sc3C)(C1)C2. The normalized spacial score (nSPS) is 30.9. The van der Waals surface area contributed by atoms with Gasteiger partial charge in [-0.15, -0.1) is 11.3 Å². The van der Waals surface area contributed by atoms with Gasteiger partial charge in [-0.1, -0.05) is 0 Å². The van der Waals surface area contributed by atoms with Gasteiger partial charge in [0.05, 0.1) is 18.2 Å². The molecule has 0 amide bonds. The summed E-state index contributed by atoms with van der Waals surface area (Å²) in [5, 5.41) is 0.847. The maximum Gasteiger partial charge on any atom is 0.311 e. The Bertz CT molecular complexity index is 530. The smallest absolute Gasteiger partial charge is 0.311 e. The number of rotatable bonds is 5. The average molecular weight is 297 g/mol. The van der Waals surface area contributed by atoms with Gasteiger partial charge in [-0.3, -0.25) is 4.79 Å². The van der Waals surface area contributed by atoms with Crippen LogP contribution < -0.4 is 0 Å². The molecule has 3 aliphatic rings. The van der Waals surface area contributed by atoms with Gasteiger partial charge in [-0.05, 0) is 26.2 Å². The molecule has 4 rings (SSSR count). The van der Waals surface area contributed by atoms with Crippen LogP contribution in [0.3, 0.4) is 0 Å². The highest BCUT2D eigenvalue weighted by atomic mass is 32.1. The van der Waals surface area contributed by atoms with Crippen LogP contribution in [0.5, 0.6) is 0 Å². The molecule has 110 valence electrons. The second-order valence-corrected chi connectivity index (χ2v) is 7.08. The van der Waals surface area contributed by atoms with Crippen molar-refractivity contribution >= 4 is 17.3 Å². The zero-order chi connectivity index (χ0) is 14.5. The Morgan fingerprint density at radius 2 is 1.85 bits per heavy atom. The van der Waals surface area contributed by atoms with E-state index in [-0.39, 0.29) is 16.8 Å². The van der Waals surface area contributed by atoms with E-state index in [4.69, 9.17) is 19.2 Å². The third-order valence-electron chi connectivity index (χ3n) is 4.59. The molecule has 0 N–H and O–H groups in total. The molecular formula is C14H19NO4S. The van der Waals surface area contributed by atoms with Crippen LogP contribution in [0.1, 0.15) is 41.1 Å². The number of esters is 1. The molecule has 0 radical (unpaired) electrons. The lowest BCUT2D eigenvalue weighted by molar-refractivity contribution is -0.198. The zero-order valence-corrected chi connectivity index (χ0v) is 13.0. The first-order valence-corrected chi connectivity index (χ1v) is 7.44. The van der Waals surface area contributed by atoms with E-state index in [1.807, 2.05) is 0 Å². The summed E-state index contributed by atoms with van der Waals surface area (Å²) in [4.78, 5) is 17.6. The van der Waals surface area contributed by atoms with E-state index >= 15 is 0 Å². The lowest BCUT2D eigenvalue weighted by Gasteiger charge is -2.68.